The second-order valence-corrected chi connectivity index (χ2v) is 6.21. The lowest BCUT2D eigenvalue weighted by Crippen LogP contribution is -2.40. The van der Waals surface area contributed by atoms with Crippen LogP contribution in [0, 0.1) is 11.6 Å². The van der Waals surface area contributed by atoms with E-state index in [4.69, 9.17) is 9.88 Å². The van der Waals surface area contributed by atoms with E-state index in [-0.39, 0.29) is 6.04 Å². The molecule has 0 aliphatic carbocycles. The highest BCUT2D eigenvalue weighted by molar-refractivity contribution is 7.89. The molecular formula is C12H16F2N2O4S. The van der Waals surface area contributed by atoms with Gasteiger partial charge in [0.25, 0.3) is 5.91 Å². The van der Waals surface area contributed by atoms with Crippen LogP contribution in [0.2, 0.25) is 0 Å². The summed E-state index contributed by atoms with van der Waals surface area (Å²) in [6.45, 7) is 4.71. The lowest BCUT2D eigenvalue weighted by Gasteiger charge is -2.18. The first-order chi connectivity index (χ1) is 9.52. The third kappa shape index (κ3) is 4.64. The van der Waals surface area contributed by atoms with E-state index in [9.17, 15) is 22.0 Å². The number of nitrogens with two attached hydrogens (primary N) is 1. The normalized spacial score (nSPS) is 13.1. The van der Waals surface area contributed by atoms with Gasteiger partial charge >= 0.3 is 0 Å². The molecule has 0 aromatic heterocycles. The zero-order valence-corrected chi connectivity index (χ0v) is 12.5. The number of ether oxygens (including phenoxy) is 1. The third-order valence-electron chi connectivity index (χ3n) is 2.38. The summed E-state index contributed by atoms with van der Waals surface area (Å²) in [6, 6.07) is 0.789. The molecule has 9 heteroatoms. The lowest BCUT2D eigenvalue weighted by molar-refractivity contribution is -0.127. The molecule has 0 heterocycles. The van der Waals surface area contributed by atoms with Gasteiger partial charge in [0.15, 0.2) is 17.7 Å². The summed E-state index contributed by atoms with van der Waals surface area (Å²) < 4.78 is 54.5. The van der Waals surface area contributed by atoms with Crippen molar-refractivity contribution in [1.29, 1.82) is 0 Å². The van der Waals surface area contributed by atoms with Crippen molar-refractivity contribution in [2.75, 3.05) is 0 Å². The number of rotatable bonds is 5. The van der Waals surface area contributed by atoms with E-state index in [1.807, 2.05) is 0 Å². The molecule has 1 aromatic carbocycles. The Balaban J connectivity index is 3.17. The summed E-state index contributed by atoms with van der Waals surface area (Å²) in [7, 11) is -4.41. The quantitative estimate of drug-likeness (QED) is 0.841. The molecule has 3 N–H and O–H groups in total. The first-order valence-electron chi connectivity index (χ1n) is 6.01. The second kappa shape index (κ2) is 6.35. The number of halogens is 2. The van der Waals surface area contributed by atoms with Crippen molar-refractivity contribution < 1.29 is 26.7 Å². The van der Waals surface area contributed by atoms with Gasteiger partial charge in [-0.3, -0.25) is 4.79 Å². The van der Waals surface area contributed by atoms with Crippen molar-refractivity contribution >= 4 is 15.9 Å². The van der Waals surface area contributed by atoms with Gasteiger partial charge in [0.2, 0.25) is 10.0 Å². The molecule has 1 atom stereocenters. The van der Waals surface area contributed by atoms with Crippen LogP contribution < -0.4 is 15.2 Å². The fraction of sp³-hybridized carbons (Fsp3) is 0.417. The fourth-order valence-corrected chi connectivity index (χ4v) is 2.18. The number of carbonyl (C=O) groups is 1. The number of amides is 1. The van der Waals surface area contributed by atoms with E-state index in [1.54, 1.807) is 13.8 Å². The Bertz CT molecular complexity index is 647. The Morgan fingerprint density at radius 2 is 1.86 bits per heavy atom. The molecule has 0 aliphatic rings. The van der Waals surface area contributed by atoms with E-state index in [1.165, 1.54) is 6.92 Å². The number of benzene rings is 1. The van der Waals surface area contributed by atoms with Gasteiger partial charge in [-0.05, 0) is 26.8 Å². The van der Waals surface area contributed by atoms with Gasteiger partial charge < -0.3 is 10.1 Å². The van der Waals surface area contributed by atoms with Gasteiger partial charge in [0.1, 0.15) is 10.7 Å². The molecule has 0 bridgehead atoms. The summed E-state index contributed by atoms with van der Waals surface area (Å²) >= 11 is 0. The number of primary sulfonamides is 1. The van der Waals surface area contributed by atoms with Gasteiger partial charge in [-0.2, -0.15) is 0 Å². The highest BCUT2D eigenvalue weighted by atomic mass is 32.2. The minimum Gasteiger partial charge on any atom is -0.476 e. The number of carbonyl (C=O) groups excluding carboxylic acids is 1. The van der Waals surface area contributed by atoms with Crippen LogP contribution in [0.25, 0.3) is 0 Å². The summed E-state index contributed by atoms with van der Waals surface area (Å²) in [5.41, 5.74) is 0. The van der Waals surface area contributed by atoms with Crippen LogP contribution in [0.3, 0.4) is 0 Å². The average molecular weight is 322 g/mol. The Labute approximate surface area is 121 Å². The van der Waals surface area contributed by atoms with Crippen LogP contribution in [-0.2, 0) is 14.8 Å². The average Bonchev–Trinajstić information content (AvgIpc) is 2.29. The number of hydrogen-bond acceptors (Lipinski definition) is 4. The predicted molar refractivity (Wildman–Crippen MR) is 71.1 cm³/mol. The molecule has 21 heavy (non-hydrogen) atoms. The summed E-state index contributed by atoms with van der Waals surface area (Å²) in [4.78, 5) is 10.8. The lowest BCUT2D eigenvalue weighted by atomic mass is 10.3. The number of sulfonamides is 1. The van der Waals surface area contributed by atoms with Gasteiger partial charge in [-0.25, -0.2) is 22.3 Å². The van der Waals surface area contributed by atoms with E-state index in [2.05, 4.69) is 5.32 Å². The monoisotopic (exact) mass is 322 g/mol. The van der Waals surface area contributed by atoms with Gasteiger partial charge in [0, 0.05) is 12.1 Å². The van der Waals surface area contributed by atoms with Gasteiger partial charge in [-0.15, -0.1) is 0 Å². The Morgan fingerprint density at radius 3 is 2.33 bits per heavy atom. The molecule has 118 valence electrons. The minimum atomic E-state index is -4.41. The first-order valence-corrected chi connectivity index (χ1v) is 7.56. The van der Waals surface area contributed by atoms with Crippen molar-refractivity contribution in [1.82, 2.24) is 5.32 Å². The molecule has 6 nitrogen and oxygen atoms in total. The molecule has 0 spiro atoms. The number of nitrogens with one attached hydrogen (secondary N) is 1. The maximum absolute atomic E-state index is 13.7. The molecule has 0 aliphatic heterocycles. The van der Waals surface area contributed by atoms with E-state index in [0.717, 1.165) is 0 Å². The zero-order chi connectivity index (χ0) is 16.4. The summed E-state index contributed by atoms with van der Waals surface area (Å²) in [5.74, 6) is -3.74. The molecule has 1 amide bonds. The molecule has 0 fully saturated rings. The smallest absolute Gasteiger partial charge is 0.260 e. The fourth-order valence-electron chi connectivity index (χ4n) is 1.49. The molecule has 1 rings (SSSR count). The SMILES string of the molecule is CC(C)NC(=O)C(C)Oc1c(F)cc(F)cc1S(N)(=O)=O. The highest BCUT2D eigenvalue weighted by Crippen LogP contribution is 2.28. The van der Waals surface area contributed by atoms with Crippen molar-refractivity contribution in [2.45, 2.75) is 37.8 Å². The van der Waals surface area contributed by atoms with Crippen LogP contribution in [-0.4, -0.2) is 26.5 Å². The second-order valence-electron chi connectivity index (χ2n) is 4.68. The van der Waals surface area contributed by atoms with Crippen LogP contribution in [0.4, 0.5) is 8.78 Å². The van der Waals surface area contributed by atoms with Crippen LogP contribution in [0.5, 0.6) is 5.75 Å². The van der Waals surface area contributed by atoms with Crippen LogP contribution >= 0.6 is 0 Å². The standard InChI is InChI=1S/C12H16F2N2O4S/c1-6(2)16-12(17)7(3)20-11-9(14)4-8(13)5-10(11)21(15,18)19/h4-7H,1-3H3,(H,16,17)(H2,15,18,19). The maximum atomic E-state index is 13.7. The van der Waals surface area contributed by atoms with Crippen molar-refractivity contribution in [3.63, 3.8) is 0 Å². The number of hydrogen-bond donors (Lipinski definition) is 2. The highest BCUT2D eigenvalue weighted by Gasteiger charge is 2.25. The van der Waals surface area contributed by atoms with Gasteiger partial charge in [0.05, 0.1) is 0 Å². The summed E-state index contributed by atoms with van der Waals surface area (Å²) in [6.07, 6.45) is -1.19. The van der Waals surface area contributed by atoms with E-state index >= 15 is 0 Å². The Morgan fingerprint density at radius 1 is 1.29 bits per heavy atom. The van der Waals surface area contributed by atoms with Crippen molar-refractivity contribution in [3.05, 3.63) is 23.8 Å². The van der Waals surface area contributed by atoms with Crippen LogP contribution in [0.15, 0.2) is 17.0 Å². The summed E-state index contributed by atoms with van der Waals surface area (Å²) in [5, 5.41) is 7.40. The topological polar surface area (TPSA) is 98.5 Å². The minimum absolute atomic E-state index is 0.181. The zero-order valence-electron chi connectivity index (χ0n) is 11.7. The van der Waals surface area contributed by atoms with Gasteiger partial charge in [-0.1, -0.05) is 0 Å². The Kier molecular flexibility index (Phi) is 5.24. The first kappa shape index (κ1) is 17.3. The van der Waals surface area contributed by atoms with Crippen molar-refractivity contribution in [3.8, 4) is 5.75 Å². The van der Waals surface area contributed by atoms with E-state index < -0.39 is 44.3 Å². The molecule has 1 aromatic rings. The predicted octanol–water partition coefficient (Wildman–Crippen LogP) is 0.904. The molecule has 1 unspecified atom stereocenters. The molecule has 0 saturated heterocycles. The molecular weight excluding hydrogens is 306 g/mol. The third-order valence-corrected chi connectivity index (χ3v) is 3.29. The largest absolute Gasteiger partial charge is 0.476 e. The maximum Gasteiger partial charge on any atom is 0.260 e. The van der Waals surface area contributed by atoms with Crippen molar-refractivity contribution in [2.24, 2.45) is 5.14 Å². The molecule has 0 radical (unpaired) electrons. The van der Waals surface area contributed by atoms with Crippen LogP contribution in [0.1, 0.15) is 20.8 Å². The Hall–Kier alpha value is -1.74. The van der Waals surface area contributed by atoms with E-state index in [0.29, 0.717) is 12.1 Å². The molecule has 0 saturated carbocycles.